The number of para-hydroxylation sites is 1. The molecule has 2 aromatic heterocycles. The molecule has 4 aliphatic heterocycles. The third kappa shape index (κ3) is 3.72. The molecule has 0 radical (unpaired) electrons. The molecule has 4 aromatic rings. The number of carbonyl (C=O) groups is 1. The summed E-state index contributed by atoms with van der Waals surface area (Å²) >= 11 is 3.65. The number of hydrogen-bond acceptors (Lipinski definition) is 5. The number of benzene rings is 2. The zero-order valence-electron chi connectivity index (χ0n) is 22.3. The van der Waals surface area contributed by atoms with Gasteiger partial charge in [0.15, 0.2) is 0 Å². The number of anilines is 1. The number of nitro benzene ring substituents is 1. The fourth-order valence-corrected chi connectivity index (χ4v) is 8.53. The lowest BCUT2D eigenvalue weighted by Gasteiger charge is -2.54. The molecule has 8 rings (SSSR count). The maximum atomic E-state index is 14.5. The van der Waals surface area contributed by atoms with Gasteiger partial charge in [-0.15, -0.1) is 0 Å². The van der Waals surface area contributed by atoms with Crippen molar-refractivity contribution >= 4 is 44.1 Å². The van der Waals surface area contributed by atoms with Gasteiger partial charge in [-0.3, -0.25) is 19.7 Å². The third-order valence-electron chi connectivity index (χ3n) is 9.79. The minimum Gasteiger partial charge on any atom is -0.366 e. The zero-order chi connectivity index (χ0) is 28.0. The van der Waals surface area contributed by atoms with E-state index in [4.69, 9.17) is 0 Å². The van der Waals surface area contributed by atoms with Crippen LogP contribution in [0.3, 0.4) is 0 Å². The number of aromatic nitrogens is 2. The Morgan fingerprint density at radius 2 is 1.95 bits per heavy atom. The molecule has 41 heavy (non-hydrogen) atoms. The quantitative estimate of drug-likeness (QED) is 0.259. The highest BCUT2D eigenvalue weighted by atomic mass is 79.9. The number of H-pyrrole nitrogens is 1. The number of nitro groups is 1. The minimum absolute atomic E-state index is 0.00872. The lowest BCUT2D eigenvalue weighted by molar-refractivity contribution is -0.384. The van der Waals surface area contributed by atoms with Crippen LogP contribution in [0.15, 0.2) is 63.9 Å². The molecule has 4 atom stereocenters. The zero-order valence-corrected chi connectivity index (χ0v) is 23.8. The van der Waals surface area contributed by atoms with Crippen LogP contribution in [0, 0.1) is 22.0 Å². The van der Waals surface area contributed by atoms with Gasteiger partial charge < -0.3 is 19.4 Å². The van der Waals surface area contributed by atoms with Crippen LogP contribution < -0.4 is 10.5 Å². The molecule has 9 nitrogen and oxygen atoms in total. The van der Waals surface area contributed by atoms with Gasteiger partial charge in [0.1, 0.15) is 0 Å². The molecule has 1 fully saturated rings. The van der Waals surface area contributed by atoms with Crippen LogP contribution in [0.2, 0.25) is 0 Å². The molecule has 2 unspecified atom stereocenters. The Morgan fingerprint density at radius 1 is 1.10 bits per heavy atom. The summed E-state index contributed by atoms with van der Waals surface area (Å²) in [6.45, 7) is 2.42. The second-order valence-corrected chi connectivity index (χ2v) is 12.7. The Hall–Kier alpha value is -3.92. The Balaban J connectivity index is 1.20. The van der Waals surface area contributed by atoms with Gasteiger partial charge in [-0.1, -0.05) is 18.2 Å². The predicted octanol–water partition coefficient (Wildman–Crippen LogP) is 4.75. The second-order valence-electron chi connectivity index (χ2n) is 11.9. The number of nitrogens with zero attached hydrogens (tertiary/aromatic N) is 4. The molecule has 2 aromatic carbocycles. The first-order valence-electron chi connectivity index (χ1n) is 14.2. The van der Waals surface area contributed by atoms with Crippen LogP contribution >= 0.6 is 15.9 Å². The fourth-order valence-electron chi connectivity index (χ4n) is 8.06. The number of pyridine rings is 1. The van der Waals surface area contributed by atoms with Gasteiger partial charge in [0, 0.05) is 95.3 Å². The Morgan fingerprint density at radius 3 is 2.80 bits per heavy atom. The first-order valence-corrected chi connectivity index (χ1v) is 15.0. The van der Waals surface area contributed by atoms with Gasteiger partial charge in [0.2, 0.25) is 5.91 Å². The van der Waals surface area contributed by atoms with Crippen molar-refractivity contribution in [2.24, 2.45) is 11.8 Å². The molecule has 0 spiro atoms. The van der Waals surface area contributed by atoms with Gasteiger partial charge in [0.25, 0.3) is 11.2 Å². The maximum Gasteiger partial charge on any atom is 0.269 e. The molecule has 1 amide bonds. The Labute approximate surface area is 244 Å². The van der Waals surface area contributed by atoms with Crippen molar-refractivity contribution in [3.8, 4) is 0 Å². The summed E-state index contributed by atoms with van der Waals surface area (Å²) in [5.74, 6) is 0.0350. The molecular formula is C31H28BrN5O4. The lowest BCUT2D eigenvalue weighted by atomic mass is 9.69. The summed E-state index contributed by atoms with van der Waals surface area (Å²) in [4.78, 5) is 46.5. The smallest absolute Gasteiger partial charge is 0.269 e. The van der Waals surface area contributed by atoms with Gasteiger partial charge in [-0.05, 0) is 58.5 Å². The first kappa shape index (κ1) is 24.8. The molecule has 4 aliphatic rings. The SMILES string of the molecule is O=C([C@@H]1Cc2cc([N+](=O)[O-])ccc2N2CC3CC(Cn4c3cccc4=O)[C@@H]12)N1CCc2[nH]c3c(Br)cccc3c2C1. The summed E-state index contributed by atoms with van der Waals surface area (Å²) in [5, 5.41) is 12.8. The number of amides is 1. The van der Waals surface area contributed by atoms with Crippen molar-refractivity contribution in [3.05, 3.63) is 102 Å². The average molecular weight is 615 g/mol. The highest BCUT2D eigenvalue weighted by Crippen LogP contribution is 2.48. The van der Waals surface area contributed by atoms with E-state index in [0.717, 1.165) is 50.7 Å². The number of nitrogens with one attached hydrogen (secondary N) is 1. The number of piperidine rings is 1. The van der Waals surface area contributed by atoms with Crippen molar-refractivity contribution in [1.82, 2.24) is 14.5 Å². The van der Waals surface area contributed by atoms with Crippen molar-refractivity contribution in [2.75, 3.05) is 18.0 Å². The second kappa shape index (κ2) is 9.04. The minimum atomic E-state index is -0.363. The number of fused-ring (bicyclic) bond motifs is 11. The number of non-ortho nitro benzene ring substituents is 1. The van der Waals surface area contributed by atoms with Crippen molar-refractivity contribution in [3.63, 3.8) is 0 Å². The molecule has 1 N–H and O–H groups in total. The van der Waals surface area contributed by atoms with E-state index in [1.54, 1.807) is 18.2 Å². The number of aromatic amines is 1. The standard InChI is InChI=1S/C31H28BrN5O4/c32-24-4-1-3-21-23-16-34(10-9-25(23)33-29(21)24)31(39)22-13-17-12-20(37(40)41)7-8-27(17)36-14-18-11-19(30(22)36)15-35-26(18)5-2-6-28(35)38/h1-8,12,18-19,22,30,33H,9-11,13-16H2/t18?,19?,22-,30+/m1/s1. The van der Waals surface area contributed by atoms with Gasteiger partial charge >= 0.3 is 0 Å². The molecule has 6 heterocycles. The van der Waals surface area contributed by atoms with Gasteiger partial charge in [-0.25, -0.2) is 0 Å². The van der Waals surface area contributed by atoms with Crippen molar-refractivity contribution in [2.45, 2.75) is 44.3 Å². The normalized spacial score (nSPS) is 24.3. The van der Waals surface area contributed by atoms with Crippen LogP contribution in [-0.2, 0) is 30.7 Å². The first-order chi connectivity index (χ1) is 19.9. The van der Waals surface area contributed by atoms with E-state index in [0.29, 0.717) is 32.6 Å². The van der Waals surface area contributed by atoms with E-state index in [2.05, 4.69) is 31.9 Å². The summed E-state index contributed by atoms with van der Waals surface area (Å²) < 4.78 is 2.91. The van der Waals surface area contributed by atoms with Crippen LogP contribution in [-0.4, -0.2) is 44.4 Å². The molecular weight excluding hydrogens is 586 g/mol. The summed E-state index contributed by atoms with van der Waals surface area (Å²) in [7, 11) is 0. The molecule has 2 bridgehead atoms. The van der Waals surface area contributed by atoms with Crippen LogP contribution in [0.5, 0.6) is 0 Å². The fraction of sp³-hybridized carbons (Fsp3) is 0.355. The van der Waals surface area contributed by atoms with E-state index in [1.807, 2.05) is 39.8 Å². The summed E-state index contributed by atoms with van der Waals surface area (Å²) in [6, 6.07) is 16.6. The number of halogens is 1. The molecule has 10 heteroatoms. The summed E-state index contributed by atoms with van der Waals surface area (Å²) in [6.07, 6.45) is 2.13. The van der Waals surface area contributed by atoms with Crippen molar-refractivity contribution < 1.29 is 9.72 Å². The lowest BCUT2D eigenvalue weighted by Crippen LogP contribution is -2.61. The predicted molar refractivity (Wildman–Crippen MR) is 158 cm³/mol. The molecule has 0 saturated carbocycles. The van der Waals surface area contributed by atoms with Gasteiger partial charge in [0.05, 0.1) is 16.4 Å². The van der Waals surface area contributed by atoms with E-state index in [9.17, 15) is 19.7 Å². The largest absolute Gasteiger partial charge is 0.366 e. The summed E-state index contributed by atoms with van der Waals surface area (Å²) in [5.41, 5.74) is 6.32. The Kier molecular flexibility index (Phi) is 5.48. The highest BCUT2D eigenvalue weighted by molar-refractivity contribution is 9.10. The van der Waals surface area contributed by atoms with Crippen LogP contribution in [0.4, 0.5) is 11.4 Å². The Bertz CT molecular complexity index is 1830. The third-order valence-corrected chi connectivity index (χ3v) is 10.5. The number of rotatable bonds is 2. The van der Waals surface area contributed by atoms with Crippen LogP contribution in [0.25, 0.3) is 10.9 Å². The molecule has 0 aliphatic carbocycles. The molecule has 1 saturated heterocycles. The van der Waals surface area contributed by atoms with Crippen LogP contribution in [0.1, 0.15) is 34.9 Å². The monoisotopic (exact) mass is 613 g/mol. The van der Waals surface area contributed by atoms with E-state index in [-0.39, 0.29) is 45.9 Å². The highest BCUT2D eigenvalue weighted by Gasteiger charge is 2.50. The topological polar surface area (TPSA) is 104 Å². The van der Waals surface area contributed by atoms with E-state index < -0.39 is 0 Å². The van der Waals surface area contributed by atoms with E-state index in [1.165, 1.54) is 5.69 Å². The maximum absolute atomic E-state index is 14.5. The molecule has 208 valence electrons. The van der Waals surface area contributed by atoms with Gasteiger partial charge in [-0.2, -0.15) is 0 Å². The van der Waals surface area contributed by atoms with E-state index >= 15 is 0 Å². The number of carbonyl (C=O) groups excluding carboxylic acids is 1. The van der Waals surface area contributed by atoms with Crippen molar-refractivity contribution in [1.29, 1.82) is 0 Å². The average Bonchev–Trinajstić information content (AvgIpc) is 3.36. The number of hydrogen-bond donors (Lipinski definition) is 1.